The van der Waals surface area contributed by atoms with Crippen LogP contribution >= 0.6 is 0 Å². The molecule has 0 saturated heterocycles. The van der Waals surface area contributed by atoms with E-state index in [-0.39, 0.29) is 26.8 Å². The van der Waals surface area contributed by atoms with Crippen LogP contribution in [0.4, 0.5) is 0 Å². The maximum atomic E-state index is 10.6. The first-order chi connectivity index (χ1) is 19.9. The number of phenolic OH excluding ortho intramolecular Hbond substituents is 1. The fourth-order valence-corrected chi connectivity index (χ4v) is 5.68. The second-order valence-corrected chi connectivity index (χ2v) is 11.0. The van der Waals surface area contributed by atoms with Crippen molar-refractivity contribution in [2.24, 2.45) is 0 Å². The predicted octanol–water partition coefficient (Wildman–Crippen LogP) is 8.80. The topological polar surface area (TPSA) is 77.0 Å². The first kappa shape index (κ1) is 27.9. The number of nitrogens with zero attached hydrogens (tertiary/aromatic N) is 4. The van der Waals surface area contributed by atoms with Gasteiger partial charge in [-0.2, -0.15) is 0 Å². The Balaban J connectivity index is 0.00000316. The molecule has 0 fully saturated rings. The van der Waals surface area contributed by atoms with Crippen molar-refractivity contribution in [3.05, 3.63) is 102 Å². The SMILES string of the molecule is CC(C)c1cccc(C(C)C)c1-n1cc(-c2ccc3oc4cccc(O)c4c3n2)nc1-c1ccnc2ccc[c-]c12.[Pt]. The summed E-state index contributed by atoms with van der Waals surface area (Å²) in [6.07, 6.45) is 3.90. The van der Waals surface area contributed by atoms with Crippen LogP contribution in [0.15, 0.2) is 89.6 Å². The summed E-state index contributed by atoms with van der Waals surface area (Å²) in [6.45, 7) is 8.90. The van der Waals surface area contributed by atoms with Crippen LogP contribution in [0.3, 0.4) is 0 Å². The van der Waals surface area contributed by atoms with Gasteiger partial charge in [-0.15, -0.1) is 29.7 Å². The zero-order valence-corrected chi connectivity index (χ0v) is 26.0. The Hall–Kier alpha value is -4.28. The number of aromatic hydroxyl groups is 1. The van der Waals surface area contributed by atoms with E-state index in [1.807, 2.05) is 48.7 Å². The summed E-state index contributed by atoms with van der Waals surface area (Å²) in [4.78, 5) is 14.8. The maximum absolute atomic E-state index is 10.6. The minimum atomic E-state index is 0. The summed E-state index contributed by atoms with van der Waals surface area (Å²) in [5.41, 5.74) is 8.69. The Labute approximate surface area is 258 Å². The van der Waals surface area contributed by atoms with E-state index in [1.54, 1.807) is 12.1 Å². The summed E-state index contributed by atoms with van der Waals surface area (Å²) >= 11 is 0. The zero-order chi connectivity index (χ0) is 28.2. The van der Waals surface area contributed by atoms with Crippen molar-refractivity contribution in [3.8, 4) is 34.2 Å². The molecule has 0 radical (unpaired) electrons. The van der Waals surface area contributed by atoms with Gasteiger partial charge < -0.3 is 19.1 Å². The van der Waals surface area contributed by atoms with Crippen molar-refractivity contribution in [1.82, 2.24) is 19.5 Å². The molecule has 0 amide bonds. The van der Waals surface area contributed by atoms with Crippen molar-refractivity contribution in [3.63, 3.8) is 0 Å². The third-order valence-corrected chi connectivity index (χ3v) is 7.67. The number of phenols is 1. The van der Waals surface area contributed by atoms with Crippen LogP contribution in [-0.4, -0.2) is 24.6 Å². The van der Waals surface area contributed by atoms with Gasteiger partial charge in [0.05, 0.1) is 16.8 Å². The van der Waals surface area contributed by atoms with Gasteiger partial charge >= 0.3 is 0 Å². The fourth-order valence-electron chi connectivity index (χ4n) is 5.68. The van der Waals surface area contributed by atoms with Gasteiger partial charge in [-0.1, -0.05) is 63.6 Å². The van der Waals surface area contributed by atoms with Crippen LogP contribution in [0.5, 0.6) is 5.75 Å². The molecule has 212 valence electrons. The number of pyridine rings is 2. The number of furan rings is 1. The summed E-state index contributed by atoms with van der Waals surface area (Å²) in [5, 5.41) is 12.1. The summed E-state index contributed by atoms with van der Waals surface area (Å²) in [6, 6.07) is 26.9. The van der Waals surface area contributed by atoms with Gasteiger partial charge in [-0.05, 0) is 52.7 Å². The van der Waals surface area contributed by atoms with Gasteiger partial charge in [-0.25, -0.2) is 9.97 Å². The number of aromatic nitrogens is 4. The van der Waals surface area contributed by atoms with Crippen LogP contribution in [0.25, 0.3) is 61.4 Å². The average Bonchev–Trinajstić information content (AvgIpc) is 3.58. The Kier molecular flexibility index (Phi) is 7.20. The first-order valence-corrected chi connectivity index (χ1v) is 13.9. The largest absolute Gasteiger partial charge is 0.507 e. The number of para-hydroxylation sites is 1. The van der Waals surface area contributed by atoms with E-state index in [0.717, 1.165) is 33.7 Å². The third kappa shape index (κ3) is 4.51. The molecule has 0 atom stereocenters. The summed E-state index contributed by atoms with van der Waals surface area (Å²) in [7, 11) is 0. The Morgan fingerprint density at radius 1 is 0.810 bits per heavy atom. The molecule has 7 heteroatoms. The van der Waals surface area contributed by atoms with Crippen molar-refractivity contribution in [1.29, 1.82) is 0 Å². The van der Waals surface area contributed by atoms with E-state index < -0.39 is 0 Å². The Morgan fingerprint density at radius 3 is 2.33 bits per heavy atom. The van der Waals surface area contributed by atoms with Gasteiger partial charge in [0.1, 0.15) is 28.4 Å². The van der Waals surface area contributed by atoms with Crippen LogP contribution in [0.2, 0.25) is 0 Å². The average molecular weight is 733 g/mol. The molecule has 4 heterocycles. The molecule has 7 rings (SSSR count). The van der Waals surface area contributed by atoms with Crippen LogP contribution in [0, 0.1) is 6.07 Å². The number of hydrogen-bond acceptors (Lipinski definition) is 5. The molecule has 0 bridgehead atoms. The first-order valence-electron chi connectivity index (χ1n) is 13.9. The van der Waals surface area contributed by atoms with E-state index in [4.69, 9.17) is 14.4 Å². The molecular formula is C35H29N4O2Pt-. The fraction of sp³-hybridized carbons (Fsp3) is 0.171. The van der Waals surface area contributed by atoms with Crippen molar-refractivity contribution < 1.29 is 30.6 Å². The Bertz CT molecular complexity index is 2060. The molecule has 0 saturated carbocycles. The van der Waals surface area contributed by atoms with Crippen molar-refractivity contribution in [2.45, 2.75) is 39.5 Å². The minimum absolute atomic E-state index is 0. The van der Waals surface area contributed by atoms with E-state index in [0.29, 0.717) is 39.6 Å². The van der Waals surface area contributed by atoms with Gasteiger partial charge in [0, 0.05) is 33.5 Å². The smallest absolute Gasteiger partial charge is 0.154 e. The summed E-state index contributed by atoms with van der Waals surface area (Å²) < 4.78 is 8.18. The maximum Gasteiger partial charge on any atom is 0.154 e. The van der Waals surface area contributed by atoms with Gasteiger partial charge in [0.25, 0.3) is 0 Å². The van der Waals surface area contributed by atoms with Gasteiger partial charge in [-0.3, -0.25) is 0 Å². The molecule has 3 aromatic carbocycles. The monoisotopic (exact) mass is 732 g/mol. The van der Waals surface area contributed by atoms with Crippen LogP contribution in [0.1, 0.15) is 50.7 Å². The molecule has 0 aliphatic rings. The van der Waals surface area contributed by atoms with Crippen LogP contribution in [-0.2, 0) is 21.1 Å². The molecule has 4 aromatic heterocycles. The number of imidazole rings is 1. The van der Waals surface area contributed by atoms with E-state index in [1.165, 1.54) is 11.1 Å². The molecule has 0 aliphatic carbocycles. The predicted molar refractivity (Wildman–Crippen MR) is 163 cm³/mol. The quantitative estimate of drug-likeness (QED) is 0.179. The van der Waals surface area contributed by atoms with Crippen molar-refractivity contribution in [2.75, 3.05) is 0 Å². The number of rotatable bonds is 5. The molecular weight excluding hydrogens is 703 g/mol. The number of hydrogen-bond donors (Lipinski definition) is 1. The molecule has 0 unspecified atom stereocenters. The standard InChI is InChI=1S/C35H29N4O2.Pt/c1-20(2)22-10-7-11-23(21(3)4)34(22)39-19-28(38-35(39)25-17-18-36-26-12-6-5-9-24(25)26)27-15-16-31-33(37-27)32-29(40)13-8-14-30(32)41-31;/h5-8,10-21,40H,1-4H3;/q-1;. The molecule has 0 aliphatic heterocycles. The third-order valence-electron chi connectivity index (χ3n) is 7.67. The van der Waals surface area contributed by atoms with Gasteiger partial charge in [0.15, 0.2) is 5.58 Å². The zero-order valence-electron chi connectivity index (χ0n) is 23.7. The molecule has 0 spiro atoms. The minimum Gasteiger partial charge on any atom is -0.507 e. The normalized spacial score (nSPS) is 11.7. The molecule has 7 aromatic rings. The number of fused-ring (bicyclic) bond motifs is 4. The van der Waals surface area contributed by atoms with Crippen LogP contribution < -0.4 is 0 Å². The van der Waals surface area contributed by atoms with Gasteiger partial charge in [0.2, 0.25) is 0 Å². The van der Waals surface area contributed by atoms with Crippen molar-refractivity contribution >= 4 is 33.0 Å². The second-order valence-electron chi connectivity index (χ2n) is 11.0. The Morgan fingerprint density at radius 2 is 1.57 bits per heavy atom. The molecule has 6 nitrogen and oxygen atoms in total. The second kappa shape index (κ2) is 10.8. The summed E-state index contributed by atoms with van der Waals surface area (Å²) in [5.74, 6) is 1.55. The number of benzene rings is 3. The molecule has 1 N–H and O–H groups in total. The van der Waals surface area contributed by atoms with E-state index in [9.17, 15) is 5.11 Å². The molecule has 42 heavy (non-hydrogen) atoms. The van der Waals surface area contributed by atoms with E-state index in [2.05, 4.69) is 67.7 Å². The van der Waals surface area contributed by atoms with E-state index >= 15 is 0 Å².